The lowest BCUT2D eigenvalue weighted by atomic mass is 9.91. The number of likely N-dealkylation sites (tertiary alicyclic amines) is 1. The van der Waals surface area contributed by atoms with Gasteiger partial charge in [0.1, 0.15) is 17.3 Å². The Labute approximate surface area is 138 Å². The van der Waals surface area contributed by atoms with Crippen molar-refractivity contribution in [3.05, 3.63) is 46.6 Å². The van der Waals surface area contributed by atoms with Gasteiger partial charge >= 0.3 is 6.09 Å². The maximum atomic E-state index is 12.1. The van der Waals surface area contributed by atoms with Gasteiger partial charge in [-0.3, -0.25) is 10.3 Å². The zero-order valence-electron chi connectivity index (χ0n) is 12.2. The molecular weight excluding hydrogens is 348 g/mol. The number of piperidine rings is 1. The van der Waals surface area contributed by atoms with Gasteiger partial charge in [0, 0.05) is 13.1 Å². The number of nitrogens with zero attached hydrogens (tertiary/aromatic N) is 1. The molecule has 0 spiro atoms. The van der Waals surface area contributed by atoms with Crippen LogP contribution in [0.15, 0.2) is 41.0 Å². The molecule has 118 valence electrons. The van der Waals surface area contributed by atoms with E-state index >= 15 is 0 Å². The van der Waals surface area contributed by atoms with E-state index in [-0.39, 0.29) is 12.2 Å². The fourth-order valence-corrected chi connectivity index (χ4v) is 3.14. The van der Waals surface area contributed by atoms with Crippen LogP contribution < -0.4 is 5.48 Å². The molecule has 1 aromatic carbocycles. The highest BCUT2D eigenvalue weighted by Gasteiger charge is 2.31. The van der Waals surface area contributed by atoms with Gasteiger partial charge in [0.25, 0.3) is 0 Å². The van der Waals surface area contributed by atoms with E-state index in [1.807, 2.05) is 36.4 Å². The lowest BCUT2D eigenvalue weighted by Gasteiger charge is -2.32. The molecule has 2 aliphatic heterocycles. The van der Waals surface area contributed by atoms with Crippen LogP contribution in [0.2, 0.25) is 0 Å². The molecule has 1 atom stereocenters. The first-order valence-corrected chi connectivity index (χ1v) is 8.26. The Balaban J connectivity index is 1.44. The minimum atomic E-state index is -0.232. The van der Waals surface area contributed by atoms with E-state index in [0.29, 0.717) is 25.6 Å². The van der Waals surface area contributed by atoms with Crippen molar-refractivity contribution < 1.29 is 14.4 Å². The maximum absolute atomic E-state index is 12.1. The topological polar surface area (TPSA) is 50.8 Å². The molecule has 5 nitrogen and oxygen atoms in total. The van der Waals surface area contributed by atoms with Crippen molar-refractivity contribution >= 4 is 22.0 Å². The Morgan fingerprint density at radius 3 is 2.68 bits per heavy atom. The number of hydrogen-bond acceptors (Lipinski definition) is 4. The lowest BCUT2D eigenvalue weighted by Crippen LogP contribution is -2.41. The minimum absolute atomic E-state index is 0.0804. The molecule has 2 aliphatic rings. The van der Waals surface area contributed by atoms with Gasteiger partial charge in [-0.2, -0.15) is 0 Å². The number of carbonyl (C=O) groups is 1. The Morgan fingerprint density at radius 1 is 1.32 bits per heavy atom. The van der Waals surface area contributed by atoms with Gasteiger partial charge in [0.2, 0.25) is 0 Å². The molecule has 3 rings (SSSR count). The molecule has 0 saturated carbocycles. The van der Waals surface area contributed by atoms with Gasteiger partial charge in [-0.05, 0) is 46.3 Å². The quantitative estimate of drug-likeness (QED) is 0.834. The third-order valence-corrected chi connectivity index (χ3v) is 4.50. The maximum Gasteiger partial charge on any atom is 0.410 e. The van der Waals surface area contributed by atoms with Crippen molar-refractivity contribution in [1.29, 1.82) is 0 Å². The molecule has 1 fully saturated rings. The molecule has 0 radical (unpaired) electrons. The van der Waals surface area contributed by atoms with Gasteiger partial charge in [-0.1, -0.05) is 30.3 Å². The van der Waals surface area contributed by atoms with Crippen LogP contribution in [0.5, 0.6) is 0 Å². The van der Waals surface area contributed by atoms with Crippen LogP contribution >= 0.6 is 15.9 Å². The largest absolute Gasteiger partial charge is 0.445 e. The van der Waals surface area contributed by atoms with E-state index in [0.717, 1.165) is 23.0 Å². The summed E-state index contributed by atoms with van der Waals surface area (Å²) in [6.45, 7) is 1.75. The summed E-state index contributed by atoms with van der Waals surface area (Å²) in [4.78, 5) is 19.4. The minimum Gasteiger partial charge on any atom is -0.445 e. The first-order valence-electron chi connectivity index (χ1n) is 7.47. The smallest absolute Gasteiger partial charge is 0.410 e. The first kappa shape index (κ1) is 15.4. The molecule has 1 aromatic rings. The number of nitrogens with one attached hydrogen (secondary N) is 1. The van der Waals surface area contributed by atoms with Crippen molar-refractivity contribution in [2.24, 2.45) is 5.92 Å². The Hall–Kier alpha value is -1.53. The van der Waals surface area contributed by atoms with E-state index in [1.54, 1.807) is 4.90 Å². The standard InChI is InChI=1S/C16H19BrN2O3/c17-15-10-14(22-18-15)13-6-8-19(9-7-13)16(20)21-11-12-4-2-1-3-5-12/h1-5,10,13-14,18H,6-9,11H2/t14-/m0/s1. The summed E-state index contributed by atoms with van der Waals surface area (Å²) in [5.41, 5.74) is 3.82. The first-order chi connectivity index (χ1) is 10.7. The van der Waals surface area contributed by atoms with Crippen LogP contribution in [0.25, 0.3) is 0 Å². The third-order valence-electron chi connectivity index (χ3n) is 4.07. The van der Waals surface area contributed by atoms with Crippen LogP contribution in [-0.4, -0.2) is 30.2 Å². The Morgan fingerprint density at radius 2 is 2.05 bits per heavy atom. The monoisotopic (exact) mass is 366 g/mol. The zero-order chi connectivity index (χ0) is 15.4. The van der Waals surface area contributed by atoms with E-state index in [4.69, 9.17) is 9.57 Å². The molecule has 1 N–H and O–H groups in total. The molecule has 1 amide bonds. The van der Waals surface area contributed by atoms with Crippen LogP contribution in [0.4, 0.5) is 4.79 Å². The molecule has 0 bridgehead atoms. The average Bonchev–Trinajstić information content (AvgIpc) is 3.00. The Bertz CT molecular complexity index is 542. The highest BCUT2D eigenvalue weighted by Crippen LogP contribution is 2.27. The fraction of sp³-hybridized carbons (Fsp3) is 0.438. The van der Waals surface area contributed by atoms with Gasteiger partial charge in [-0.25, -0.2) is 4.79 Å². The molecule has 6 heteroatoms. The van der Waals surface area contributed by atoms with Crippen molar-refractivity contribution in [3.8, 4) is 0 Å². The summed E-state index contributed by atoms with van der Waals surface area (Å²) in [5.74, 6) is 0.431. The van der Waals surface area contributed by atoms with E-state index in [2.05, 4.69) is 21.4 Å². The highest BCUT2D eigenvalue weighted by molar-refractivity contribution is 9.11. The van der Waals surface area contributed by atoms with Gasteiger partial charge in [-0.15, -0.1) is 0 Å². The second kappa shape index (κ2) is 7.15. The predicted octanol–water partition coefficient (Wildman–Crippen LogP) is 3.17. The number of carbonyl (C=O) groups excluding carboxylic acids is 1. The highest BCUT2D eigenvalue weighted by atomic mass is 79.9. The number of amides is 1. The molecule has 0 aromatic heterocycles. The van der Waals surface area contributed by atoms with Crippen LogP contribution in [-0.2, 0) is 16.2 Å². The summed E-state index contributed by atoms with van der Waals surface area (Å²) < 4.78 is 6.25. The van der Waals surface area contributed by atoms with Crippen molar-refractivity contribution in [3.63, 3.8) is 0 Å². The summed E-state index contributed by atoms with van der Waals surface area (Å²) in [6, 6.07) is 9.73. The molecular formula is C16H19BrN2O3. The number of rotatable bonds is 3. The van der Waals surface area contributed by atoms with Crippen molar-refractivity contribution in [2.45, 2.75) is 25.6 Å². The zero-order valence-corrected chi connectivity index (χ0v) is 13.8. The summed E-state index contributed by atoms with van der Waals surface area (Å²) in [7, 11) is 0. The number of benzene rings is 1. The van der Waals surface area contributed by atoms with Gasteiger partial charge in [0.05, 0.1) is 0 Å². The molecule has 0 unspecified atom stereocenters. The van der Waals surface area contributed by atoms with Gasteiger partial charge < -0.3 is 9.64 Å². The molecule has 1 saturated heterocycles. The normalized spacial score (nSPS) is 22.1. The SMILES string of the molecule is O=C(OCc1ccccc1)N1CCC([C@@H]2C=C(Br)NO2)CC1. The number of ether oxygens (including phenoxy) is 1. The van der Waals surface area contributed by atoms with E-state index in [1.165, 1.54) is 0 Å². The van der Waals surface area contributed by atoms with E-state index < -0.39 is 0 Å². The number of halogens is 1. The summed E-state index contributed by atoms with van der Waals surface area (Å²) >= 11 is 3.36. The Kier molecular flexibility index (Phi) is 5.00. The molecule has 0 aliphatic carbocycles. The summed E-state index contributed by atoms with van der Waals surface area (Å²) in [5, 5.41) is 0. The second-order valence-corrected chi connectivity index (χ2v) is 6.42. The van der Waals surface area contributed by atoms with Crippen LogP contribution in [0.1, 0.15) is 18.4 Å². The molecule has 22 heavy (non-hydrogen) atoms. The molecule has 2 heterocycles. The van der Waals surface area contributed by atoms with Crippen LogP contribution in [0, 0.1) is 5.92 Å². The van der Waals surface area contributed by atoms with Crippen molar-refractivity contribution in [1.82, 2.24) is 10.4 Å². The second-order valence-electron chi connectivity index (χ2n) is 5.56. The third kappa shape index (κ3) is 3.81. The number of hydroxylamine groups is 1. The van der Waals surface area contributed by atoms with Crippen LogP contribution in [0.3, 0.4) is 0 Å². The van der Waals surface area contributed by atoms with Gasteiger partial charge in [0.15, 0.2) is 0 Å². The van der Waals surface area contributed by atoms with Crippen molar-refractivity contribution in [2.75, 3.05) is 13.1 Å². The van der Waals surface area contributed by atoms with E-state index in [9.17, 15) is 4.79 Å². The lowest BCUT2D eigenvalue weighted by molar-refractivity contribution is -0.00721. The predicted molar refractivity (Wildman–Crippen MR) is 85.9 cm³/mol. The average molecular weight is 367 g/mol. The summed E-state index contributed by atoms with van der Waals surface area (Å²) in [6.07, 6.45) is 3.72. The fourth-order valence-electron chi connectivity index (χ4n) is 2.79. The number of hydrogen-bond donors (Lipinski definition) is 1.